The zero-order chi connectivity index (χ0) is 12.6. The lowest BCUT2D eigenvalue weighted by atomic mass is 9.89. The van der Waals surface area contributed by atoms with Crippen molar-refractivity contribution in [3.8, 4) is 0 Å². The third-order valence-corrected chi connectivity index (χ3v) is 3.06. The Hall–Kier alpha value is -1.54. The normalized spacial score (nSPS) is 11.8. The number of anilines is 1. The van der Waals surface area contributed by atoms with Crippen LogP contribution in [0.25, 0.3) is 10.8 Å². The Balaban J connectivity index is 2.86. The topological polar surface area (TPSA) is 29.3 Å². The maximum Gasteiger partial charge on any atom is 0.0444 e. The van der Waals surface area contributed by atoms with Gasteiger partial charge in [-0.1, -0.05) is 30.3 Å². The molecular weight excluding hydrogens is 208 g/mol. The van der Waals surface area contributed by atoms with Crippen molar-refractivity contribution in [3.63, 3.8) is 0 Å². The van der Waals surface area contributed by atoms with E-state index in [9.17, 15) is 0 Å². The molecule has 0 amide bonds. The molecule has 0 aliphatic carbocycles. The summed E-state index contributed by atoms with van der Waals surface area (Å²) in [5.74, 6) is 0. The molecule has 0 aromatic heterocycles. The molecule has 2 rings (SSSR count). The molecule has 0 spiro atoms. The molecule has 2 aromatic carbocycles. The first-order valence-electron chi connectivity index (χ1n) is 5.89. The molecule has 17 heavy (non-hydrogen) atoms. The van der Waals surface area contributed by atoms with E-state index in [0.717, 1.165) is 0 Å². The minimum atomic E-state index is -0.328. The summed E-state index contributed by atoms with van der Waals surface area (Å²) in [7, 11) is 4.13. The quantitative estimate of drug-likeness (QED) is 0.855. The second-order valence-electron chi connectivity index (χ2n) is 5.30. The van der Waals surface area contributed by atoms with E-state index in [2.05, 4.69) is 55.4 Å². The molecule has 0 heterocycles. The van der Waals surface area contributed by atoms with Gasteiger partial charge in [-0.25, -0.2) is 0 Å². The zero-order valence-electron chi connectivity index (χ0n) is 11.0. The Kier molecular flexibility index (Phi) is 2.84. The highest BCUT2D eigenvalue weighted by molar-refractivity contribution is 5.97. The Labute approximate surface area is 103 Å². The first-order chi connectivity index (χ1) is 7.91. The molecule has 2 aromatic rings. The summed E-state index contributed by atoms with van der Waals surface area (Å²) < 4.78 is 0. The summed E-state index contributed by atoms with van der Waals surface area (Å²) in [5, 5.41) is 2.50. The number of rotatable bonds is 2. The molecule has 0 aliphatic rings. The largest absolute Gasteiger partial charge is 0.377 e. The van der Waals surface area contributed by atoms with Gasteiger partial charge < -0.3 is 10.6 Å². The summed E-state index contributed by atoms with van der Waals surface area (Å²) in [5.41, 5.74) is 8.36. The van der Waals surface area contributed by atoms with Gasteiger partial charge in [-0.05, 0) is 30.9 Å². The maximum atomic E-state index is 6.27. The van der Waals surface area contributed by atoms with E-state index in [4.69, 9.17) is 5.73 Å². The number of nitrogens with zero attached hydrogens (tertiary/aromatic N) is 1. The van der Waals surface area contributed by atoms with Gasteiger partial charge in [0.2, 0.25) is 0 Å². The van der Waals surface area contributed by atoms with Crippen LogP contribution < -0.4 is 10.6 Å². The molecular formula is C15H20N2. The molecule has 0 saturated carbocycles. The smallest absolute Gasteiger partial charge is 0.0444 e. The van der Waals surface area contributed by atoms with Crippen LogP contribution in [0.3, 0.4) is 0 Å². The van der Waals surface area contributed by atoms with E-state index >= 15 is 0 Å². The van der Waals surface area contributed by atoms with Crippen molar-refractivity contribution in [2.75, 3.05) is 19.0 Å². The molecule has 0 atom stereocenters. The van der Waals surface area contributed by atoms with E-state index in [-0.39, 0.29) is 5.54 Å². The van der Waals surface area contributed by atoms with Gasteiger partial charge in [-0.15, -0.1) is 0 Å². The van der Waals surface area contributed by atoms with Crippen molar-refractivity contribution in [2.45, 2.75) is 19.4 Å². The Morgan fingerprint density at radius 1 is 1.00 bits per heavy atom. The molecule has 0 fully saturated rings. The number of nitrogens with two attached hydrogens (primary N) is 1. The first-order valence-corrected chi connectivity index (χ1v) is 5.89. The van der Waals surface area contributed by atoms with Crippen LogP contribution in [0.15, 0.2) is 36.4 Å². The second kappa shape index (κ2) is 4.04. The van der Waals surface area contributed by atoms with Crippen LogP contribution in [-0.2, 0) is 5.54 Å². The molecule has 0 bridgehead atoms. The lowest BCUT2D eigenvalue weighted by Gasteiger charge is -2.25. The predicted octanol–water partition coefficient (Wildman–Crippen LogP) is 3.10. The van der Waals surface area contributed by atoms with Gasteiger partial charge in [0.1, 0.15) is 0 Å². The lowest BCUT2D eigenvalue weighted by Crippen LogP contribution is -2.29. The van der Waals surface area contributed by atoms with E-state index in [1.807, 2.05) is 13.8 Å². The van der Waals surface area contributed by atoms with E-state index in [0.29, 0.717) is 0 Å². The average molecular weight is 228 g/mol. The summed E-state index contributed by atoms with van der Waals surface area (Å²) in [6, 6.07) is 12.7. The van der Waals surface area contributed by atoms with Gasteiger partial charge in [0.25, 0.3) is 0 Å². The number of fused-ring (bicyclic) bond motifs is 1. The minimum Gasteiger partial charge on any atom is -0.377 e. The fourth-order valence-corrected chi connectivity index (χ4v) is 2.23. The Morgan fingerprint density at radius 3 is 2.12 bits per heavy atom. The van der Waals surface area contributed by atoms with Crippen LogP contribution in [0.1, 0.15) is 19.4 Å². The third-order valence-electron chi connectivity index (χ3n) is 3.06. The Bertz CT molecular complexity index is 531. The molecule has 90 valence electrons. The average Bonchev–Trinajstić information content (AvgIpc) is 2.26. The van der Waals surface area contributed by atoms with Crippen LogP contribution in [0.5, 0.6) is 0 Å². The number of hydrogen-bond donors (Lipinski definition) is 1. The predicted molar refractivity (Wildman–Crippen MR) is 75.5 cm³/mol. The fraction of sp³-hybridized carbons (Fsp3) is 0.333. The van der Waals surface area contributed by atoms with Gasteiger partial charge in [0, 0.05) is 30.7 Å². The van der Waals surface area contributed by atoms with Crippen molar-refractivity contribution in [1.29, 1.82) is 0 Å². The summed E-state index contributed by atoms with van der Waals surface area (Å²) in [6.45, 7) is 4.10. The first kappa shape index (κ1) is 11.9. The van der Waals surface area contributed by atoms with Crippen molar-refractivity contribution in [1.82, 2.24) is 0 Å². The van der Waals surface area contributed by atoms with Gasteiger partial charge >= 0.3 is 0 Å². The van der Waals surface area contributed by atoms with Gasteiger partial charge in [-0.3, -0.25) is 0 Å². The van der Waals surface area contributed by atoms with Crippen molar-refractivity contribution >= 4 is 16.5 Å². The van der Waals surface area contributed by atoms with Gasteiger partial charge in [-0.2, -0.15) is 0 Å². The monoisotopic (exact) mass is 228 g/mol. The molecule has 0 saturated heterocycles. The SMILES string of the molecule is CN(C)c1cccc2cccc(C(C)(C)N)c12. The van der Waals surface area contributed by atoms with Crippen LogP contribution in [0.2, 0.25) is 0 Å². The fourth-order valence-electron chi connectivity index (χ4n) is 2.23. The van der Waals surface area contributed by atoms with Crippen molar-refractivity contribution in [3.05, 3.63) is 42.0 Å². The molecule has 0 radical (unpaired) electrons. The van der Waals surface area contributed by atoms with Crippen LogP contribution in [0.4, 0.5) is 5.69 Å². The summed E-state index contributed by atoms with van der Waals surface area (Å²) >= 11 is 0. The standard InChI is InChI=1S/C15H20N2/c1-15(2,16)12-9-5-7-11-8-6-10-13(14(11)12)17(3)4/h5-10H,16H2,1-4H3. The minimum absolute atomic E-state index is 0.328. The lowest BCUT2D eigenvalue weighted by molar-refractivity contribution is 0.559. The van der Waals surface area contributed by atoms with Gasteiger partial charge in [0.15, 0.2) is 0 Å². The second-order valence-corrected chi connectivity index (χ2v) is 5.30. The molecule has 0 aliphatic heterocycles. The number of benzene rings is 2. The molecule has 2 N–H and O–H groups in total. The molecule has 0 unspecified atom stereocenters. The van der Waals surface area contributed by atoms with Crippen LogP contribution in [0, 0.1) is 0 Å². The maximum absolute atomic E-state index is 6.27. The van der Waals surface area contributed by atoms with Crippen molar-refractivity contribution in [2.24, 2.45) is 5.73 Å². The van der Waals surface area contributed by atoms with E-state index < -0.39 is 0 Å². The Morgan fingerprint density at radius 2 is 1.59 bits per heavy atom. The zero-order valence-corrected chi connectivity index (χ0v) is 11.0. The van der Waals surface area contributed by atoms with E-state index in [1.165, 1.54) is 22.0 Å². The van der Waals surface area contributed by atoms with Crippen molar-refractivity contribution < 1.29 is 0 Å². The summed E-state index contributed by atoms with van der Waals surface area (Å²) in [4.78, 5) is 2.14. The van der Waals surface area contributed by atoms with E-state index in [1.54, 1.807) is 0 Å². The highest BCUT2D eigenvalue weighted by Crippen LogP contribution is 2.33. The van der Waals surface area contributed by atoms with Gasteiger partial charge in [0.05, 0.1) is 0 Å². The molecule has 2 nitrogen and oxygen atoms in total. The highest BCUT2D eigenvalue weighted by atomic mass is 15.1. The van der Waals surface area contributed by atoms with Crippen LogP contribution >= 0.6 is 0 Å². The molecule has 2 heteroatoms. The third kappa shape index (κ3) is 2.13. The number of hydrogen-bond acceptors (Lipinski definition) is 2. The van der Waals surface area contributed by atoms with Crippen LogP contribution in [-0.4, -0.2) is 14.1 Å². The summed E-state index contributed by atoms with van der Waals surface area (Å²) in [6.07, 6.45) is 0. The highest BCUT2D eigenvalue weighted by Gasteiger charge is 2.19.